The maximum Gasteiger partial charge on any atom is 0.186 e. The molecule has 1 fully saturated rings. The Labute approximate surface area is 132 Å². The van der Waals surface area contributed by atoms with Crippen LogP contribution in [0.3, 0.4) is 0 Å². The molecule has 2 atom stereocenters. The standard InChI is InChI=1S/C17H25NO2S/c1-13(2)16(18-9-11-20-12-10-18)17(21-14(3)19)15-7-5-4-6-8-15/h4-8,13,16-17H,9-12H2,1-3H3/t16-,17+/m0/s1. The summed E-state index contributed by atoms with van der Waals surface area (Å²) in [5.74, 6) is 0.486. The first-order chi connectivity index (χ1) is 10.1. The molecule has 1 aliphatic rings. The van der Waals surface area contributed by atoms with Crippen molar-refractivity contribution in [1.29, 1.82) is 0 Å². The molecule has 1 aromatic rings. The maximum atomic E-state index is 11.8. The molecule has 21 heavy (non-hydrogen) atoms. The Morgan fingerprint density at radius 1 is 1.19 bits per heavy atom. The average molecular weight is 307 g/mol. The Kier molecular flexibility index (Phi) is 6.27. The van der Waals surface area contributed by atoms with Crippen LogP contribution in [0.2, 0.25) is 0 Å². The predicted molar refractivity (Wildman–Crippen MR) is 88.5 cm³/mol. The fourth-order valence-corrected chi connectivity index (χ4v) is 4.27. The van der Waals surface area contributed by atoms with E-state index in [1.807, 2.05) is 6.07 Å². The van der Waals surface area contributed by atoms with Gasteiger partial charge in [0.05, 0.1) is 18.5 Å². The summed E-state index contributed by atoms with van der Waals surface area (Å²) in [6.07, 6.45) is 0. The number of carbonyl (C=O) groups excluding carboxylic acids is 1. The molecule has 0 unspecified atom stereocenters. The van der Waals surface area contributed by atoms with Gasteiger partial charge in [0.25, 0.3) is 0 Å². The number of ether oxygens (including phenoxy) is 1. The van der Waals surface area contributed by atoms with Crippen molar-refractivity contribution >= 4 is 16.9 Å². The summed E-state index contributed by atoms with van der Waals surface area (Å²) in [5, 5.41) is 0.365. The minimum atomic E-state index is 0.182. The number of nitrogens with zero attached hydrogens (tertiary/aromatic N) is 1. The Balaban J connectivity index is 2.28. The molecule has 0 aromatic heterocycles. The quantitative estimate of drug-likeness (QED) is 0.834. The Morgan fingerprint density at radius 3 is 2.33 bits per heavy atom. The number of rotatable bonds is 5. The normalized spacial score (nSPS) is 19.4. The van der Waals surface area contributed by atoms with Crippen LogP contribution in [-0.4, -0.2) is 42.4 Å². The zero-order valence-corrected chi connectivity index (χ0v) is 13.9. The van der Waals surface area contributed by atoms with Gasteiger partial charge in [0, 0.05) is 26.1 Å². The van der Waals surface area contributed by atoms with Crippen LogP contribution in [0.1, 0.15) is 31.6 Å². The van der Waals surface area contributed by atoms with Gasteiger partial charge in [0.15, 0.2) is 5.12 Å². The average Bonchev–Trinajstić information content (AvgIpc) is 2.48. The lowest BCUT2D eigenvalue weighted by molar-refractivity contribution is -0.109. The van der Waals surface area contributed by atoms with Gasteiger partial charge in [-0.15, -0.1) is 0 Å². The van der Waals surface area contributed by atoms with Crippen molar-refractivity contribution < 1.29 is 9.53 Å². The zero-order valence-electron chi connectivity index (χ0n) is 13.1. The highest BCUT2D eigenvalue weighted by atomic mass is 32.2. The summed E-state index contributed by atoms with van der Waals surface area (Å²) in [6.45, 7) is 9.63. The summed E-state index contributed by atoms with van der Waals surface area (Å²) >= 11 is 1.46. The van der Waals surface area contributed by atoms with E-state index in [0.717, 1.165) is 26.3 Å². The first kappa shape index (κ1) is 16.5. The molecule has 1 heterocycles. The van der Waals surface area contributed by atoms with Crippen LogP contribution >= 0.6 is 11.8 Å². The monoisotopic (exact) mass is 307 g/mol. The lowest BCUT2D eigenvalue weighted by Crippen LogP contribution is -2.48. The van der Waals surface area contributed by atoms with Crippen LogP contribution in [0.4, 0.5) is 0 Å². The Bertz CT molecular complexity index is 443. The van der Waals surface area contributed by atoms with Crippen molar-refractivity contribution in [1.82, 2.24) is 4.90 Å². The fraction of sp³-hybridized carbons (Fsp3) is 0.588. The first-order valence-corrected chi connectivity index (χ1v) is 8.51. The third-order valence-corrected chi connectivity index (χ3v) is 5.02. The van der Waals surface area contributed by atoms with Crippen LogP contribution in [0.5, 0.6) is 0 Å². The van der Waals surface area contributed by atoms with E-state index in [-0.39, 0.29) is 10.4 Å². The molecule has 0 bridgehead atoms. The van der Waals surface area contributed by atoms with Crippen molar-refractivity contribution in [3.8, 4) is 0 Å². The lowest BCUT2D eigenvalue weighted by atomic mass is 9.94. The summed E-state index contributed by atoms with van der Waals surface area (Å²) in [7, 11) is 0. The summed E-state index contributed by atoms with van der Waals surface area (Å²) < 4.78 is 5.48. The second-order valence-corrected chi connectivity index (χ2v) is 7.14. The number of hydrogen-bond donors (Lipinski definition) is 0. The molecule has 4 heteroatoms. The van der Waals surface area contributed by atoms with Crippen molar-refractivity contribution in [3.63, 3.8) is 0 Å². The SMILES string of the molecule is CC(=O)S[C@H](c1ccccc1)[C@H](C(C)C)N1CCOCC1. The van der Waals surface area contributed by atoms with Crippen LogP contribution < -0.4 is 0 Å². The van der Waals surface area contributed by atoms with Crippen molar-refractivity contribution in [2.75, 3.05) is 26.3 Å². The third kappa shape index (κ3) is 4.56. The molecule has 0 spiro atoms. The van der Waals surface area contributed by atoms with Gasteiger partial charge in [0.2, 0.25) is 0 Å². The molecule has 1 aromatic carbocycles. The highest BCUT2D eigenvalue weighted by Crippen LogP contribution is 2.38. The van der Waals surface area contributed by atoms with E-state index < -0.39 is 0 Å². The molecule has 3 nitrogen and oxygen atoms in total. The van der Waals surface area contributed by atoms with E-state index in [0.29, 0.717) is 12.0 Å². The molecular formula is C17H25NO2S. The van der Waals surface area contributed by atoms with Gasteiger partial charge in [-0.3, -0.25) is 9.69 Å². The largest absolute Gasteiger partial charge is 0.379 e. The van der Waals surface area contributed by atoms with Crippen molar-refractivity contribution in [2.24, 2.45) is 5.92 Å². The minimum Gasteiger partial charge on any atom is -0.379 e. The molecule has 2 rings (SSSR count). The predicted octanol–water partition coefficient (Wildman–Crippen LogP) is 3.36. The van der Waals surface area contributed by atoms with Crippen LogP contribution in [0.15, 0.2) is 30.3 Å². The highest BCUT2D eigenvalue weighted by molar-refractivity contribution is 8.13. The number of morpholine rings is 1. The minimum absolute atomic E-state index is 0.182. The van der Waals surface area contributed by atoms with E-state index in [4.69, 9.17) is 4.74 Å². The Hall–Kier alpha value is -0.840. The van der Waals surface area contributed by atoms with E-state index in [9.17, 15) is 4.79 Å². The summed E-state index contributed by atoms with van der Waals surface area (Å²) in [6, 6.07) is 10.8. The lowest BCUT2D eigenvalue weighted by Gasteiger charge is -2.41. The number of hydrogen-bond acceptors (Lipinski definition) is 4. The topological polar surface area (TPSA) is 29.5 Å². The highest BCUT2D eigenvalue weighted by Gasteiger charge is 2.33. The number of carbonyl (C=O) groups is 1. The van der Waals surface area contributed by atoms with E-state index in [1.165, 1.54) is 17.3 Å². The van der Waals surface area contributed by atoms with E-state index in [2.05, 4.69) is 43.0 Å². The number of benzene rings is 1. The van der Waals surface area contributed by atoms with Crippen molar-refractivity contribution in [3.05, 3.63) is 35.9 Å². The molecule has 0 amide bonds. The second-order valence-electron chi connectivity index (χ2n) is 5.82. The van der Waals surface area contributed by atoms with Gasteiger partial charge in [0.1, 0.15) is 0 Å². The van der Waals surface area contributed by atoms with Gasteiger partial charge < -0.3 is 4.74 Å². The van der Waals surface area contributed by atoms with Gasteiger partial charge in [-0.05, 0) is 11.5 Å². The van der Waals surface area contributed by atoms with Crippen LogP contribution in [-0.2, 0) is 9.53 Å². The molecule has 0 aliphatic carbocycles. The summed E-state index contributed by atoms with van der Waals surface area (Å²) in [5.41, 5.74) is 1.24. The smallest absolute Gasteiger partial charge is 0.186 e. The van der Waals surface area contributed by atoms with E-state index >= 15 is 0 Å². The zero-order chi connectivity index (χ0) is 15.2. The Morgan fingerprint density at radius 2 is 1.81 bits per heavy atom. The fourth-order valence-electron chi connectivity index (χ4n) is 2.99. The van der Waals surface area contributed by atoms with Crippen molar-refractivity contribution in [2.45, 2.75) is 32.1 Å². The van der Waals surface area contributed by atoms with Crippen LogP contribution in [0, 0.1) is 5.92 Å². The third-order valence-electron chi connectivity index (χ3n) is 3.88. The first-order valence-electron chi connectivity index (χ1n) is 7.63. The summed E-state index contributed by atoms with van der Waals surface area (Å²) in [4.78, 5) is 14.2. The molecule has 0 N–H and O–H groups in total. The molecule has 1 saturated heterocycles. The maximum absolute atomic E-state index is 11.8. The number of thioether (sulfide) groups is 1. The van der Waals surface area contributed by atoms with Gasteiger partial charge in [-0.1, -0.05) is 55.9 Å². The van der Waals surface area contributed by atoms with Crippen LogP contribution in [0.25, 0.3) is 0 Å². The molecular weight excluding hydrogens is 282 g/mol. The molecule has 0 radical (unpaired) electrons. The van der Waals surface area contributed by atoms with E-state index in [1.54, 1.807) is 6.92 Å². The van der Waals surface area contributed by atoms with Gasteiger partial charge in [-0.25, -0.2) is 0 Å². The molecule has 0 saturated carbocycles. The van der Waals surface area contributed by atoms with Gasteiger partial charge >= 0.3 is 0 Å². The molecule has 1 aliphatic heterocycles. The molecule has 116 valence electrons. The second kappa shape index (κ2) is 7.97. The van der Waals surface area contributed by atoms with Gasteiger partial charge in [-0.2, -0.15) is 0 Å².